The van der Waals surface area contributed by atoms with Crippen LogP contribution in [0.1, 0.15) is 36.5 Å². The van der Waals surface area contributed by atoms with E-state index in [9.17, 15) is 14.4 Å². The minimum Gasteiger partial charge on any atom is -0.460 e. The summed E-state index contributed by atoms with van der Waals surface area (Å²) in [5, 5.41) is 0. The van der Waals surface area contributed by atoms with Crippen molar-refractivity contribution in [2.75, 3.05) is 6.61 Å². The Morgan fingerprint density at radius 3 is 2.75 bits per heavy atom. The van der Waals surface area contributed by atoms with Crippen molar-refractivity contribution in [1.29, 1.82) is 0 Å². The number of hydrogen-bond acceptors (Lipinski definition) is 6. The molecular formula is C19H23N5O4. The fourth-order valence-corrected chi connectivity index (χ4v) is 3.02. The summed E-state index contributed by atoms with van der Waals surface area (Å²) in [6.07, 6.45) is 7.58. The Morgan fingerprint density at radius 1 is 1.21 bits per heavy atom. The maximum Gasteiger partial charge on any atom is 0.339 e. The minimum absolute atomic E-state index is 0.0341. The molecule has 0 saturated heterocycles. The third kappa shape index (κ3) is 3.88. The summed E-state index contributed by atoms with van der Waals surface area (Å²) >= 11 is 0. The summed E-state index contributed by atoms with van der Waals surface area (Å²) in [5.41, 5.74) is 0.136. The van der Waals surface area contributed by atoms with Crippen LogP contribution in [0, 0.1) is 0 Å². The summed E-state index contributed by atoms with van der Waals surface area (Å²) in [7, 11) is 1.58. The van der Waals surface area contributed by atoms with Crippen molar-refractivity contribution in [3.8, 4) is 0 Å². The summed E-state index contributed by atoms with van der Waals surface area (Å²) < 4.78 is 9.38. The second kappa shape index (κ2) is 8.64. The molecule has 28 heavy (non-hydrogen) atoms. The molecule has 0 aromatic carbocycles. The third-order valence-corrected chi connectivity index (χ3v) is 4.55. The largest absolute Gasteiger partial charge is 0.460 e. The highest BCUT2D eigenvalue weighted by molar-refractivity contribution is 5.88. The van der Waals surface area contributed by atoms with Gasteiger partial charge in [-0.3, -0.25) is 18.9 Å². The predicted molar refractivity (Wildman–Crippen MR) is 103 cm³/mol. The average Bonchev–Trinajstić information content (AvgIpc) is 3.14. The minimum atomic E-state index is -0.552. The second-order valence-corrected chi connectivity index (χ2v) is 6.49. The van der Waals surface area contributed by atoms with Gasteiger partial charge in [0.15, 0.2) is 11.2 Å². The number of aryl methyl sites for hydroxylation is 2. The SMILES string of the molecule is CCCCCn1cnc2c1c(=O)n(CCOC(=O)c1cccnc1)c(=O)n2C. The monoisotopic (exact) mass is 385 g/mol. The molecule has 0 aliphatic carbocycles. The Labute approximate surface area is 161 Å². The van der Waals surface area contributed by atoms with Gasteiger partial charge in [0, 0.05) is 26.0 Å². The number of nitrogens with zero attached hydrogens (tertiary/aromatic N) is 5. The van der Waals surface area contributed by atoms with Crippen molar-refractivity contribution >= 4 is 17.1 Å². The number of hydrogen-bond donors (Lipinski definition) is 0. The molecule has 0 spiro atoms. The number of unbranched alkanes of at least 4 members (excludes halogenated alkanes) is 2. The van der Waals surface area contributed by atoms with Gasteiger partial charge in [-0.2, -0.15) is 0 Å². The van der Waals surface area contributed by atoms with Crippen molar-refractivity contribution in [3.05, 3.63) is 57.3 Å². The van der Waals surface area contributed by atoms with E-state index in [-0.39, 0.29) is 13.2 Å². The molecule has 3 aromatic heterocycles. The van der Waals surface area contributed by atoms with Crippen molar-refractivity contribution < 1.29 is 9.53 Å². The number of carbonyl (C=O) groups excluding carboxylic acids is 1. The molecule has 0 saturated carbocycles. The molecule has 9 heteroatoms. The van der Waals surface area contributed by atoms with Gasteiger partial charge in [-0.05, 0) is 18.6 Å². The Balaban J connectivity index is 1.82. The molecule has 0 aliphatic rings. The topological polar surface area (TPSA) is 101 Å². The van der Waals surface area contributed by atoms with Crippen LogP contribution >= 0.6 is 0 Å². The van der Waals surface area contributed by atoms with E-state index in [1.807, 2.05) is 0 Å². The molecule has 148 valence electrons. The molecular weight excluding hydrogens is 362 g/mol. The van der Waals surface area contributed by atoms with Crippen LogP contribution in [0.15, 0.2) is 40.4 Å². The van der Waals surface area contributed by atoms with Crippen molar-refractivity contribution in [1.82, 2.24) is 23.7 Å². The Bertz CT molecular complexity index is 1080. The van der Waals surface area contributed by atoms with Gasteiger partial charge in [-0.25, -0.2) is 14.6 Å². The van der Waals surface area contributed by atoms with Gasteiger partial charge in [0.25, 0.3) is 5.56 Å². The second-order valence-electron chi connectivity index (χ2n) is 6.49. The number of fused-ring (bicyclic) bond motifs is 1. The van der Waals surface area contributed by atoms with Gasteiger partial charge < -0.3 is 9.30 Å². The first-order valence-corrected chi connectivity index (χ1v) is 9.26. The van der Waals surface area contributed by atoms with Crippen LogP contribution in [0.5, 0.6) is 0 Å². The molecule has 0 radical (unpaired) electrons. The van der Waals surface area contributed by atoms with Crippen LogP contribution in [0.3, 0.4) is 0 Å². The number of ether oxygens (including phenoxy) is 1. The molecule has 9 nitrogen and oxygen atoms in total. The van der Waals surface area contributed by atoms with Crippen molar-refractivity contribution in [2.45, 2.75) is 39.3 Å². The maximum absolute atomic E-state index is 12.9. The third-order valence-electron chi connectivity index (χ3n) is 4.55. The van der Waals surface area contributed by atoms with E-state index in [1.165, 1.54) is 10.8 Å². The van der Waals surface area contributed by atoms with E-state index in [0.717, 1.165) is 23.8 Å². The lowest BCUT2D eigenvalue weighted by atomic mass is 10.2. The van der Waals surface area contributed by atoms with E-state index in [0.29, 0.717) is 23.3 Å². The Kier molecular flexibility index (Phi) is 6.03. The Hall–Kier alpha value is -3.23. The Morgan fingerprint density at radius 2 is 2.04 bits per heavy atom. The van der Waals surface area contributed by atoms with Gasteiger partial charge in [0.05, 0.1) is 18.4 Å². The van der Waals surface area contributed by atoms with Crippen LogP contribution in [0.2, 0.25) is 0 Å². The molecule has 0 fully saturated rings. The molecule has 3 aromatic rings. The van der Waals surface area contributed by atoms with E-state index >= 15 is 0 Å². The zero-order valence-electron chi connectivity index (χ0n) is 16.0. The fraction of sp³-hybridized carbons (Fsp3) is 0.421. The summed E-state index contributed by atoms with van der Waals surface area (Å²) in [4.78, 5) is 45.5. The van der Waals surface area contributed by atoms with E-state index in [4.69, 9.17) is 4.74 Å². The van der Waals surface area contributed by atoms with E-state index in [1.54, 1.807) is 36.3 Å². The smallest absolute Gasteiger partial charge is 0.339 e. The first kappa shape index (κ1) is 19.5. The lowest BCUT2D eigenvalue weighted by Gasteiger charge is -2.10. The molecule has 3 rings (SSSR count). The highest BCUT2D eigenvalue weighted by Crippen LogP contribution is 2.08. The predicted octanol–water partition coefficient (Wildman–Crippen LogP) is 1.34. The van der Waals surface area contributed by atoms with Crippen LogP contribution < -0.4 is 11.2 Å². The zero-order valence-corrected chi connectivity index (χ0v) is 16.0. The lowest BCUT2D eigenvalue weighted by molar-refractivity contribution is 0.0488. The standard InChI is InChI=1S/C19H23N5O4/c1-3-4-5-9-23-13-21-16-15(23)17(25)24(19(27)22(16)2)10-11-28-18(26)14-7-6-8-20-12-14/h6-8,12-13H,3-5,9-11H2,1-2H3. The van der Waals surface area contributed by atoms with Gasteiger partial charge >= 0.3 is 11.7 Å². The number of carbonyl (C=O) groups is 1. The molecule has 0 N–H and O–H groups in total. The lowest BCUT2D eigenvalue weighted by Crippen LogP contribution is -2.40. The number of esters is 1. The fourth-order valence-electron chi connectivity index (χ4n) is 3.02. The molecule has 0 amide bonds. The van der Waals surface area contributed by atoms with Gasteiger partial charge in [-0.1, -0.05) is 19.8 Å². The van der Waals surface area contributed by atoms with Crippen LogP contribution in [-0.4, -0.2) is 36.2 Å². The van der Waals surface area contributed by atoms with Crippen LogP contribution in [0.4, 0.5) is 0 Å². The average molecular weight is 385 g/mol. The number of rotatable bonds is 8. The molecule has 0 bridgehead atoms. The highest BCUT2D eigenvalue weighted by atomic mass is 16.5. The zero-order chi connectivity index (χ0) is 20.1. The van der Waals surface area contributed by atoms with Crippen LogP contribution in [0.25, 0.3) is 11.2 Å². The van der Waals surface area contributed by atoms with Crippen molar-refractivity contribution in [2.24, 2.45) is 7.05 Å². The molecule has 0 unspecified atom stereocenters. The normalized spacial score (nSPS) is 11.1. The number of aromatic nitrogens is 5. The maximum atomic E-state index is 12.9. The summed E-state index contributed by atoms with van der Waals surface area (Å²) in [6, 6.07) is 3.21. The van der Waals surface area contributed by atoms with Crippen molar-refractivity contribution in [3.63, 3.8) is 0 Å². The van der Waals surface area contributed by atoms with Crippen LogP contribution in [-0.2, 0) is 24.9 Å². The van der Waals surface area contributed by atoms with Gasteiger partial charge in [0.2, 0.25) is 0 Å². The van der Waals surface area contributed by atoms with Gasteiger partial charge in [0.1, 0.15) is 6.61 Å². The molecule has 0 atom stereocenters. The quantitative estimate of drug-likeness (QED) is 0.428. The highest BCUT2D eigenvalue weighted by Gasteiger charge is 2.16. The van der Waals surface area contributed by atoms with E-state index in [2.05, 4.69) is 16.9 Å². The first-order valence-electron chi connectivity index (χ1n) is 9.26. The molecule has 0 aliphatic heterocycles. The summed E-state index contributed by atoms with van der Waals surface area (Å²) in [6.45, 7) is 2.63. The number of pyridine rings is 1. The van der Waals surface area contributed by atoms with E-state index < -0.39 is 17.2 Å². The number of imidazole rings is 1. The molecule has 3 heterocycles. The van der Waals surface area contributed by atoms with Gasteiger partial charge in [-0.15, -0.1) is 0 Å². The first-order chi connectivity index (χ1) is 13.5. The summed E-state index contributed by atoms with van der Waals surface area (Å²) in [5.74, 6) is -0.552.